The highest BCUT2D eigenvalue weighted by atomic mass is 35.5. The lowest BCUT2D eigenvalue weighted by Crippen LogP contribution is -2.09. The first-order valence-corrected chi connectivity index (χ1v) is 6.48. The minimum Gasteiger partial charge on any atom is -0.331 e. The van der Waals surface area contributed by atoms with Crippen LogP contribution in [0.15, 0.2) is 17.1 Å². The van der Waals surface area contributed by atoms with Gasteiger partial charge in [0.05, 0.1) is 17.3 Å². The van der Waals surface area contributed by atoms with E-state index in [0.29, 0.717) is 17.0 Å². The fourth-order valence-electron chi connectivity index (χ4n) is 1.47. The summed E-state index contributed by atoms with van der Waals surface area (Å²) in [5.74, 6) is -1.40. The summed E-state index contributed by atoms with van der Waals surface area (Å²) < 4.78 is 26.3. The van der Waals surface area contributed by atoms with Crippen molar-refractivity contribution in [2.24, 2.45) is 4.99 Å². The summed E-state index contributed by atoms with van der Waals surface area (Å²) in [4.78, 5) is 4.24. The van der Waals surface area contributed by atoms with E-state index in [9.17, 15) is 8.78 Å². The van der Waals surface area contributed by atoms with Crippen molar-refractivity contribution in [3.8, 4) is 0 Å². The molecule has 1 N–H and O–H groups in total. The first-order valence-electron chi connectivity index (χ1n) is 5.22. The fourth-order valence-corrected chi connectivity index (χ4v) is 2.65. The molecule has 0 radical (unpaired) electrons. The number of aliphatic imine (C=N–C) groups is 1. The zero-order valence-corrected chi connectivity index (χ0v) is 10.7. The molecule has 0 saturated heterocycles. The maximum atomic E-state index is 13.5. The SMILES string of the molecule is CCC1CN=C(Nc2c(F)cc(F)cc2Cl)S1. The number of amidine groups is 1. The average Bonchev–Trinajstić information content (AvgIpc) is 2.71. The molecule has 1 aliphatic heterocycles. The summed E-state index contributed by atoms with van der Waals surface area (Å²) in [6.07, 6.45) is 0.999. The second-order valence-corrected chi connectivity index (χ2v) is 5.36. The third kappa shape index (κ3) is 2.90. The number of hydrogen-bond donors (Lipinski definition) is 1. The van der Waals surface area contributed by atoms with E-state index in [-0.39, 0.29) is 10.7 Å². The van der Waals surface area contributed by atoms with Crippen molar-refractivity contribution >= 4 is 34.2 Å². The molecule has 6 heteroatoms. The van der Waals surface area contributed by atoms with E-state index in [4.69, 9.17) is 11.6 Å². The highest BCUT2D eigenvalue weighted by Gasteiger charge is 2.20. The predicted octanol–water partition coefficient (Wildman–Crippen LogP) is 3.91. The Hall–Kier alpha value is -0.810. The van der Waals surface area contributed by atoms with E-state index in [0.717, 1.165) is 18.6 Å². The molecule has 1 unspecified atom stereocenters. The summed E-state index contributed by atoms with van der Waals surface area (Å²) in [6.45, 7) is 2.78. The fraction of sp³-hybridized carbons (Fsp3) is 0.364. The maximum absolute atomic E-state index is 13.5. The lowest BCUT2D eigenvalue weighted by molar-refractivity contribution is 0.586. The van der Waals surface area contributed by atoms with Crippen LogP contribution < -0.4 is 5.32 Å². The monoisotopic (exact) mass is 276 g/mol. The van der Waals surface area contributed by atoms with Crippen LogP contribution >= 0.6 is 23.4 Å². The van der Waals surface area contributed by atoms with Crippen molar-refractivity contribution in [3.63, 3.8) is 0 Å². The molecule has 0 amide bonds. The van der Waals surface area contributed by atoms with Crippen molar-refractivity contribution in [2.45, 2.75) is 18.6 Å². The predicted molar refractivity (Wildman–Crippen MR) is 69.0 cm³/mol. The second kappa shape index (κ2) is 5.23. The Labute approximate surface area is 107 Å². The highest BCUT2D eigenvalue weighted by molar-refractivity contribution is 8.15. The Balaban J connectivity index is 2.15. The standard InChI is InChI=1S/C11H11ClF2N2S/c1-2-7-5-15-11(17-7)16-10-8(12)3-6(13)4-9(10)14/h3-4,7H,2,5H2,1H3,(H,15,16). The van der Waals surface area contributed by atoms with Gasteiger partial charge in [0.15, 0.2) is 11.0 Å². The molecule has 1 aliphatic rings. The molecule has 1 atom stereocenters. The molecule has 1 aromatic rings. The topological polar surface area (TPSA) is 24.4 Å². The van der Waals surface area contributed by atoms with Crippen LogP contribution in [0.2, 0.25) is 5.02 Å². The number of halogens is 3. The molecule has 0 spiro atoms. The van der Waals surface area contributed by atoms with Crippen molar-refractivity contribution in [1.82, 2.24) is 0 Å². The Morgan fingerprint density at radius 2 is 2.29 bits per heavy atom. The Morgan fingerprint density at radius 3 is 2.88 bits per heavy atom. The van der Waals surface area contributed by atoms with Crippen LogP contribution in [-0.4, -0.2) is 17.0 Å². The van der Waals surface area contributed by atoms with Crippen molar-refractivity contribution in [1.29, 1.82) is 0 Å². The Bertz CT molecular complexity index is 442. The number of thioether (sulfide) groups is 1. The summed E-state index contributed by atoms with van der Waals surface area (Å²) in [5, 5.41) is 3.87. The maximum Gasteiger partial charge on any atom is 0.161 e. The van der Waals surface area contributed by atoms with E-state index < -0.39 is 11.6 Å². The normalized spacial score (nSPS) is 19.3. The number of nitrogens with one attached hydrogen (secondary N) is 1. The number of benzene rings is 1. The van der Waals surface area contributed by atoms with Crippen LogP contribution in [-0.2, 0) is 0 Å². The average molecular weight is 277 g/mol. The molecule has 0 aliphatic carbocycles. The first-order chi connectivity index (χ1) is 8.10. The molecule has 0 fully saturated rings. The third-order valence-electron chi connectivity index (χ3n) is 2.41. The van der Waals surface area contributed by atoms with E-state index in [2.05, 4.69) is 17.2 Å². The summed E-state index contributed by atoms with van der Waals surface area (Å²) in [7, 11) is 0. The first kappa shape index (κ1) is 12.6. The largest absolute Gasteiger partial charge is 0.331 e. The van der Waals surface area contributed by atoms with Gasteiger partial charge in [0.1, 0.15) is 5.82 Å². The van der Waals surface area contributed by atoms with Crippen LogP contribution in [0.25, 0.3) is 0 Å². The van der Waals surface area contributed by atoms with Gasteiger partial charge in [0.25, 0.3) is 0 Å². The van der Waals surface area contributed by atoms with Gasteiger partial charge in [0, 0.05) is 11.3 Å². The van der Waals surface area contributed by atoms with Gasteiger partial charge in [-0.1, -0.05) is 30.3 Å². The van der Waals surface area contributed by atoms with Crippen molar-refractivity contribution in [3.05, 3.63) is 28.8 Å². The molecule has 0 aromatic heterocycles. The molecule has 0 bridgehead atoms. The number of anilines is 1. The summed E-state index contributed by atoms with van der Waals surface area (Å²) in [5.41, 5.74) is 0.0797. The number of hydrogen-bond acceptors (Lipinski definition) is 3. The van der Waals surface area contributed by atoms with E-state index >= 15 is 0 Å². The van der Waals surface area contributed by atoms with Gasteiger partial charge in [-0.3, -0.25) is 4.99 Å². The number of rotatable bonds is 2. The van der Waals surface area contributed by atoms with Gasteiger partial charge in [-0.25, -0.2) is 8.78 Å². The van der Waals surface area contributed by atoms with E-state index in [1.165, 1.54) is 0 Å². The van der Waals surface area contributed by atoms with E-state index in [1.54, 1.807) is 11.8 Å². The molecular formula is C11H11ClF2N2S. The van der Waals surface area contributed by atoms with Crippen LogP contribution in [0.4, 0.5) is 14.5 Å². The van der Waals surface area contributed by atoms with Gasteiger partial charge in [-0.2, -0.15) is 0 Å². The smallest absolute Gasteiger partial charge is 0.161 e. The van der Waals surface area contributed by atoms with Crippen LogP contribution in [0.3, 0.4) is 0 Å². The molecule has 92 valence electrons. The van der Waals surface area contributed by atoms with Crippen LogP contribution in [0.5, 0.6) is 0 Å². The zero-order chi connectivity index (χ0) is 12.4. The van der Waals surface area contributed by atoms with E-state index in [1.807, 2.05) is 0 Å². The number of nitrogens with zero attached hydrogens (tertiary/aromatic N) is 1. The molecule has 2 rings (SSSR count). The van der Waals surface area contributed by atoms with Gasteiger partial charge in [0.2, 0.25) is 0 Å². The third-order valence-corrected chi connectivity index (χ3v) is 3.98. The minimum atomic E-state index is -0.710. The summed E-state index contributed by atoms with van der Waals surface area (Å²) in [6, 6.07) is 1.87. The molecular weight excluding hydrogens is 266 g/mol. The zero-order valence-electron chi connectivity index (χ0n) is 9.14. The van der Waals surface area contributed by atoms with Crippen LogP contribution in [0, 0.1) is 11.6 Å². The second-order valence-electron chi connectivity index (χ2n) is 3.66. The van der Waals surface area contributed by atoms with Crippen LogP contribution in [0.1, 0.15) is 13.3 Å². The summed E-state index contributed by atoms with van der Waals surface area (Å²) >= 11 is 7.32. The molecule has 0 saturated carbocycles. The minimum absolute atomic E-state index is 0.0192. The lowest BCUT2D eigenvalue weighted by atomic mass is 10.3. The lowest BCUT2D eigenvalue weighted by Gasteiger charge is -2.09. The Kier molecular flexibility index (Phi) is 3.89. The van der Waals surface area contributed by atoms with Gasteiger partial charge in [-0.05, 0) is 12.5 Å². The molecule has 17 heavy (non-hydrogen) atoms. The quantitative estimate of drug-likeness (QED) is 0.886. The van der Waals surface area contributed by atoms with Gasteiger partial charge < -0.3 is 5.32 Å². The molecule has 2 nitrogen and oxygen atoms in total. The molecule has 1 aromatic carbocycles. The van der Waals surface area contributed by atoms with Crippen molar-refractivity contribution < 1.29 is 8.78 Å². The van der Waals surface area contributed by atoms with Crippen molar-refractivity contribution in [2.75, 3.05) is 11.9 Å². The Morgan fingerprint density at radius 1 is 1.53 bits per heavy atom. The van der Waals surface area contributed by atoms with Gasteiger partial charge in [-0.15, -0.1) is 0 Å². The molecule has 1 heterocycles. The highest BCUT2D eigenvalue weighted by Crippen LogP contribution is 2.30. The van der Waals surface area contributed by atoms with Gasteiger partial charge >= 0.3 is 0 Å².